The van der Waals surface area contributed by atoms with Gasteiger partial charge in [-0.1, -0.05) is 17.7 Å². The van der Waals surface area contributed by atoms with Crippen molar-refractivity contribution in [1.29, 1.82) is 0 Å². The Morgan fingerprint density at radius 3 is 2.39 bits per heavy atom. The summed E-state index contributed by atoms with van der Waals surface area (Å²) in [5, 5.41) is -4.47. The van der Waals surface area contributed by atoms with E-state index in [4.69, 9.17) is 17.3 Å². The molecule has 12 heteroatoms. The predicted molar refractivity (Wildman–Crippen MR) is 109 cm³/mol. The van der Waals surface area contributed by atoms with Crippen molar-refractivity contribution in [3.8, 4) is 0 Å². The van der Waals surface area contributed by atoms with E-state index >= 15 is 8.78 Å². The zero-order chi connectivity index (χ0) is 23.4. The highest BCUT2D eigenvalue weighted by Gasteiger charge is 2.70. The van der Waals surface area contributed by atoms with Crippen LogP contribution in [0.25, 0.3) is 11.9 Å². The molecule has 0 bridgehead atoms. The molecule has 0 saturated carbocycles. The van der Waals surface area contributed by atoms with Crippen LogP contribution in [0.2, 0.25) is 5.15 Å². The number of alkyl halides is 2. The molecule has 31 heavy (non-hydrogen) atoms. The average molecular weight is 477 g/mol. The summed E-state index contributed by atoms with van der Waals surface area (Å²) in [6.45, 7) is 2.75. The predicted octanol–water partition coefficient (Wildman–Crippen LogP) is 4.11. The van der Waals surface area contributed by atoms with Gasteiger partial charge in [0.25, 0.3) is 0 Å². The molecule has 2 aromatic rings. The molecule has 1 aliphatic heterocycles. The highest BCUT2D eigenvalue weighted by atomic mass is 35.5. The molecule has 0 aliphatic carbocycles. The molecule has 1 aliphatic rings. The fourth-order valence-corrected chi connectivity index (χ4v) is 4.78. The second kappa shape index (κ2) is 7.27. The Hall–Kier alpha value is -2.53. The highest BCUT2D eigenvalue weighted by Crippen LogP contribution is 2.52. The number of amidine groups is 1. The van der Waals surface area contributed by atoms with E-state index in [9.17, 15) is 17.2 Å². The number of aliphatic imine (C=N–C) groups is 1. The molecule has 0 fully saturated rings. The van der Waals surface area contributed by atoms with E-state index in [1.165, 1.54) is 0 Å². The van der Waals surface area contributed by atoms with Crippen molar-refractivity contribution in [2.24, 2.45) is 10.7 Å². The van der Waals surface area contributed by atoms with Crippen molar-refractivity contribution in [3.05, 3.63) is 58.4 Å². The molecule has 2 N–H and O–H groups in total. The van der Waals surface area contributed by atoms with Crippen LogP contribution >= 0.6 is 11.6 Å². The molecule has 0 unspecified atom stereocenters. The molecular formula is C19H17ClF4N4O2S. The topological polar surface area (TPSA) is 98.3 Å². The van der Waals surface area contributed by atoms with Crippen molar-refractivity contribution in [2.75, 3.05) is 0 Å². The van der Waals surface area contributed by atoms with Gasteiger partial charge >= 0.3 is 5.25 Å². The van der Waals surface area contributed by atoms with Crippen molar-refractivity contribution in [3.63, 3.8) is 0 Å². The maximum atomic E-state index is 15.2. The summed E-state index contributed by atoms with van der Waals surface area (Å²) in [6, 6.07) is 2.82. The first-order valence-corrected chi connectivity index (χ1v) is 10.6. The lowest BCUT2D eigenvalue weighted by atomic mass is 9.89. The van der Waals surface area contributed by atoms with Crippen molar-refractivity contribution in [1.82, 2.24) is 9.97 Å². The second-order valence-corrected chi connectivity index (χ2v) is 10.5. The minimum absolute atomic E-state index is 0.0349. The van der Waals surface area contributed by atoms with Gasteiger partial charge in [-0.25, -0.2) is 27.2 Å². The molecule has 0 saturated heterocycles. The summed E-state index contributed by atoms with van der Waals surface area (Å²) in [6.07, 6.45) is 3.06. The van der Waals surface area contributed by atoms with Gasteiger partial charge in [-0.2, -0.15) is 8.78 Å². The van der Waals surface area contributed by atoms with E-state index in [0.717, 1.165) is 57.4 Å². The first-order valence-electron chi connectivity index (χ1n) is 8.78. The molecule has 1 aromatic heterocycles. The van der Waals surface area contributed by atoms with Crippen LogP contribution in [0.1, 0.15) is 37.6 Å². The Morgan fingerprint density at radius 2 is 1.81 bits per heavy atom. The Labute approximate surface area is 180 Å². The third-order valence-corrected chi connectivity index (χ3v) is 8.03. The van der Waals surface area contributed by atoms with Gasteiger partial charge in [0, 0.05) is 5.56 Å². The van der Waals surface area contributed by atoms with Crippen LogP contribution < -0.4 is 5.73 Å². The van der Waals surface area contributed by atoms with Gasteiger partial charge in [0.05, 0.1) is 12.4 Å². The van der Waals surface area contributed by atoms with Crippen LogP contribution in [0.15, 0.2) is 35.6 Å². The summed E-state index contributed by atoms with van der Waals surface area (Å²) >= 11 is 5.60. The Morgan fingerprint density at radius 1 is 1.16 bits per heavy atom. The molecule has 0 spiro atoms. The molecule has 1 aromatic carbocycles. The summed E-state index contributed by atoms with van der Waals surface area (Å²) in [4.78, 5) is 11.1. The van der Waals surface area contributed by atoms with Crippen molar-refractivity contribution >= 4 is 39.2 Å². The molecule has 2 heterocycles. The number of nitrogens with two attached hydrogens (primary N) is 1. The van der Waals surface area contributed by atoms with E-state index in [-0.39, 0.29) is 16.4 Å². The number of hydrogen-bond donors (Lipinski definition) is 1. The standard InChI is InChI=1S/C19H17ClF4N4O2S/c1-17(2)16(25)28-18(3,19(23,24)31(17,29)30)11-6-10(4-5-12(11)21)7-13(22)14-8-27-15(20)9-26-14/h4-9H,1-3H3,(H2,25,28)/b13-7-/t18-/m1/s1. The molecule has 0 radical (unpaired) electrons. The monoisotopic (exact) mass is 476 g/mol. The van der Waals surface area contributed by atoms with E-state index in [1.54, 1.807) is 0 Å². The number of rotatable bonds is 3. The lowest BCUT2D eigenvalue weighted by molar-refractivity contribution is 0.00753. The number of benzene rings is 1. The van der Waals surface area contributed by atoms with Gasteiger partial charge in [-0.3, -0.25) is 4.99 Å². The fraction of sp³-hybridized carbons (Fsp3) is 0.316. The third-order valence-electron chi connectivity index (χ3n) is 5.21. The van der Waals surface area contributed by atoms with Crippen LogP contribution in [0, 0.1) is 5.82 Å². The SMILES string of the molecule is CC1(C)C(N)=N[C@](C)(c2cc(/C=C(\F)c3cnc(Cl)cn3)ccc2F)C(F)(F)S1(=O)=O. The molecule has 6 nitrogen and oxygen atoms in total. The average Bonchev–Trinajstić information content (AvgIpc) is 2.68. The summed E-state index contributed by atoms with van der Waals surface area (Å²) < 4.78 is 82.6. The van der Waals surface area contributed by atoms with Crippen molar-refractivity contribution in [2.45, 2.75) is 36.3 Å². The molecular weight excluding hydrogens is 460 g/mol. The summed E-state index contributed by atoms with van der Waals surface area (Å²) in [5.74, 6) is -2.65. The maximum Gasteiger partial charge on any atom is 0.374 e. The largest absolute Gasteiger partial charge is 0.386 e. The highest BCUT2D eigenvalue weighted by molar-refractivity contribution is 7.94. The van der Waals surface area contributed by atoms with E-state index in [0.29, 0.717) is 0 Å². The number of hydrogen-bond acceptors (Lipinski definition) is 6. The van der Waals surface area contributed by atoms with E-state index in [1.807, 2.05) is 0 Å². The number of sulfone groups is 1. The first kappa shape index (κ1) is 23.1. The smallest absolute Gasteiger partial charge is 0.374 e. The minimum Gasteiger partial charge on any atom is -0.386 e. The van der Waals surface area contributed by atoms with Crippen LogP contribution in [-0.4, -0.2) is 34.2 Å². The molecule has 1 atom stereocenters. The van der Waals surface area contributed by atoms with Gasteiger partial charge in [-0.15, -0.1) is 0 Å². The third kappa shape index (κ3) is 3.39. The molecule has 0 amide bonds. The number of halogens is 5. The lowest BCUT2D eigenvalue weighted by Gasteiger charge is -2.43. The van der Waals surface area contributed by atoms with Crippen LogP contribution in [0.4, 0.5) is 17.6 Å². The van der Waals surface area contributed by atoms with Gasteiger partial charge in [0.15, 0.2) is 11.4 Å². The van der Waals surface area contributed by atoms with Crippen LogP contribution in [0.5, 0.6) is 0 Å². The van der Waals surface area contributed by atoms with Gasteiger partial charge in [0.2, 0.25) is 9.84 Å². The van der Waals surface area contributed by atoms with Crippen molar-refractivity contribution < 1.29 is 26.0 Å². The second-order valence-electron chi connectivity index (χ2n) is 7.56. The molecule has 3 rings (SSSR count). The fourth-order valence-electron chi connectivity index (χ4n) is 3.04. The summed E-state index contributed by atoms with van der Waals surface area (Å²) in [5.41, 5.74) is 1.82. The zero-order valence-electron chi connectivity index (χ0n) is 16.5. The first-order chi connectivity index (χ1) is 14.1. The number of nitrogens with zero attached hydrogens (tertiary/aromatic N) is 3. The lowest BCUT2D eigenvalue weighted by Crippen LogP contribution is -2.63. The Kier molecular flexibility index (Phi) is 5.42. The summed E-state index contributed by atoms with van der Waals surface area (Å²) in [7, 11) is -5.22. The van der Waals surface area contributed by atoms with Gasteiger partial charge in [0.1, 0.15) is 27.2 Å². The quantitative estimate of drug-likeness (QED) is 0.672. The number of aromatic nitrogens is 2. The minimum atomic E-state index is -5.22. The van der Waals surface area contributed by atoms with Crippen LogP contribution in [0.3, 0.4) is 0 Å². The Bertz CT molecular complexity index is 1210. The maximum absolute atomic E-state index is 15.2. The zero-order valence-corrected chi connectivity index (χ0v) is 18.1. The van der Waals surface area contributed by atoms with Gasteiger partial charge < -0.3 is 5.73 Å². The van der Waals surface area contributed by atoms with E-state index < -0.39 is 48.4 Å². The van der Waals surface area contributed by atoms with E-state index in [2.05, 4.69) is 15.0 Å². The Balaban J connectivity index is 2.19. The molecule has 166 valence electrons. The normalized spacial score (nSPS) is 24.5. The van der Waals surface area contributed by atoms with Crippen LogP contribution in [-0.2, 0) is 15.4 Å². The van der Waals surface area contributed by atoms with Gasteiger partial charge in [-0.05, 0) is 44.5 Å².